The van der Waals surface area contributed by atoms with Gasteiger partial charge in [0.25, 0.3) is 0 Å². The third-order valence-corrected chi connectivity index (χ3v) is 5.79. The summed E-state index contributed by atoms with van der Waals surface area (Å²) in [6.45, 7) is 1.59. The molecule has 2 atom stereocenters. The Balaban J connectivity index is 1.67. The molecule has 130 valence electrons. The van der Waals surface area contributed by atoms with Crippen molar-refractivity contribution in [1.82, 2.24) is 15.5 Å². The Hall–Kier alpha value is -1.26. The van der Waals surface area contributed by atoms with Gasteiger partial charge in [-0.15, -0.1) is 0 Å². The van der Waals surface area contributed by atoms with Crippen LogP contribution >= 0.6 is 0 Å². The lowest BCUT2D eigenvalue weighted by atomic mass is 9.95. The molecule has 0 spiro atoms. The Labute approximate surface area is 139 Å². The predicted molar refractivity (Wildman–Crippen MR) is 90.1 cm³/mol. The van der Waals surface area contributed by atoms with Crippen LogP contribution in [0.25, 0.3) is 0 Å². The number of fused-ring (bicyclic) bond motifs is 1. The van der Waals surface area contributed by atoms with Crippen molar-refractivity contribution in [3.05, 3.63) is 0 Å². The second kappa shape index (κ2) is 8.02. The molecular formula is C18H31N3O2. The normalized spacial score (nSPS) is 30.4. The number of rotatable bonds is 1. The summed E-state index contributed by atoms with van der Waals surface area (Å²) in [5.74, 6) is 0.148. The molecule has 2 aliphatic carbocycles. The summed E-state index contributed by atoms with van der Waals surface area (Å²) in [7, 11) is 0. The lowest BCUT2D eigenvalue weighted by Gasteiger charge is -2.35. The average molecular weight is 321 g/mol. The number of nitrogens with one attached hydrogen (secondary N) is 2. The van der Waals surface area contributed by atoms with Gasteiger partial charge < -0.3 is 15.5 Å². The van der Waals surface area contributed by atoms with Crippen LogP contribution in [0.5, 0.6) is 0 Å². The average Bonchev–Trinajstić information content (AvgIpc) is 3.04. The highest BCUT2D eigenvalue weighted by atomic mass is 16.2. The Morgan fingerprint density at radius 3 is 2.57 bits per heavy atom. The van der Waals surface area contributed by atoms with E-state index in [1.54, 1.807) is 0 Å². The molecule has 5 heteroatoms. The molecule has 3 rings (SSSR count). The highest BCUT2D eigenvalue weighted by Crippen LogP contribution is 2.31. The van der Waals surface area contributed by atoms with Gasteiger partial charge in [0, 0.05) is 25.2 Å². The van der Waals surface area contributed by atoms with Crippen molar-refractivity contribution in [2.75, 3.05) is 13.1 Å². The van der Waals surface area contributed by atoms with Crippen molar-refractivity contribution < 1.29 is 9.59 Å². The second-order valence-corrected chi connectivity index (χ2v) is 7.43. The molecule has 3 aliphatic rings. The quantitative estimate of drug-likeness (QED) is 0.780. The van der Waals surface area contributed by atoms with E-state index in [-0.39, 0.29) is 23.9 Å². The summed E-state index contributed by atoms with van der Waals surface area (Å²) in [4.78, 5) is 27.3. The van der Waals surface area contributed by atoms with Crippen LogP contribution in [-0.2, 0) is 4.79 Å². The van der Waals surface area contributed by atoms with Gasteiger partial charge in [-0.2, -0.15) is 0 Å². The first kappa shape index (κ1) is 16.6. The molecule has 0 aromatic rings. The van der Waals surface area contributed by atoms with E-state index in [1.165, 1.54) is 19.3 Å². The molecule has 23 heavy (non-hydrogen) atoms. The largest absolute Gasteiger partial charge is 0.356 e. The summed E-state index contributed by atoms with van der Waals surface area (Å²) in [6, 6.07) is 0.499. The molecular weight excluding hydrogens is 290 g/mol. The monoisotopic (exact) mass is 321 g/mol. The molecule has 0 unspecified atom stereocenters. The molecule has 1 aliphatic heterocycles. The topological polar surface area (TPSA) is 61.4 Å². The maximum absolute atomic E-state index is 12.9. The van der Waals surface area contributed by atoms with Gasteiger partial charge in [-0.05, 0) is 44.9 Å². The zero-order chi connectivity index (χ0) is 16.1. The number of nitrogens with zero attached hydrogens (tertiary/aromatic N) is 1. The van der Waals surface area contributed by atoms with Crippen molar-refractivity contribution in [1.29, 1.82) is 0 Å². The number of urea groups is 1. The van der Waals surface area contributed by atoms with Crippen LogP contribution in [0, 0.1) is 5.92 Å². The number of hydrogen-bond acceptors (Lipinski definition) is 2. The van der Waals surface area contributed by atoms with Crippen molar-refractivity contribution in [3.63, 3.8) is 0 Å². The van der Waals surface area contributed by atoms with Gasteiger partial charge in [-0.25, -0.2) is 4.79 Å². The number of amides is 3. The van der Waals surface area contributed by atoms with Crippen LogP contribution in [0.3, 0.4) is 0 Å². The van der Waals surface area contributed by atoms with Gasteiger partial charge in [-0.1, -0.05) is 25.7 Å². The molecule has 1 heterocycles. The van der Waals surface area contributed by atoms with E-state index in [2.05, 4.69) is 10.6 Å². The van der Waals surface area contributed by atoms with Crippen LogP contribution in [-0.4, -0.2) is 42.0 Å². The Morgan fingerprint density at radius 2 is 1.74 bits per heavy atom. The fourth-order valence-corrected chi connectivity index (χ4v) is 4.47. The Morgan fingerprint density at radius 1 is 0.957 bits per heavy atom. The zero-order valence-electron chi connectivity index (χ0n) is 14.2. The standard InChI is InChI=1S/C18H31N3O2/c22-17-15-10-7-11-16(15)21(13-6-2-5-12-19-17)18(23)20-14-8-3-1-4-9-14/h14-16H,1-13H2,(H,19,22)(H,20,23)/t15-,16+/m1/s1. The van der Waals surface area contributed by atoms with E-state index in [0.29, 0.717) is 6.04 Å². The highest BCUT2D eigenvalue weighted by Gasteiger charge is 2.39. The van der Waals surface area contributed by atoms with Crippen molar-refractivity contribution >= 4 is 11.9 Å². The summed E-state index contributed by atoms with van der Waals surface area (Å²) in [5.41, 5.74) is 0. The van der Waals surface area contributed by atoms with Gasteiger partial charge in [-0.3, -0.25) is 4.79 Å². The van der Waals surface area contributed by atoms with Gasteiger partial charge in [0.05, 0.1) is 5.92 Å². The van der Waals surface area contributed by atoms with E-state index in [1.807, 2.05) is 4.90 Å². The lowest BCUT2D eigenvalue weighted by Crippen LogP contribution is -2.53. The van der Waals surface area contributed by atoms with Crippen molar-refractivity contribution in [2.24, 2.45) is 5.92 Å². The van der Waals surface area contributed by atoms with E-state index in [0.717, 1.165) is 64.5 Å². The van der Waals surface area contributed by atoms with Gasteiger partial charge in [0.15, 0.2) is 0 Å². The third kappa shape index (κ3) is 4.18. The molecule has 2 N–H and O–H groups in total. The molecule has 0 bridgehead atoms. The van der Waals surface area contributed by atoms with Gasteiger partial charge >= 0.3 is 6.03 Å². The minimum atomic E-state index is -0.00907. The first-order chi connectivity index (χ1) is 11.3. The molecule has 0 aromatic carbocycles. The fraction of sp³-hybridized carbons (Fsp3) is 0.889. The first-order valence-electron chi connectivity index (χ1n) is 9.60. The summed E-state index contributed by atoms with van der Waals surface area (Å²) in [5, 5.41) is 6.32. The minimum absolute atomic E-state index is 0.00907. The highest BCUT2D eigenvalue weighted by molar-refractivity contribution is 5.81. The minimum Gasteiger partial charge on any atom is -0.356 e. The van der Waals surface area contributed by atoms with Crippen LogP contribution in [0.4, 0.5) is 4.79 Å². The van der Waals surface area contributed by atoms with Crippen LogP contribution < -0.4 is 10.6 Å². The molecule has 0 aromatic heterocycles. The molecule has 5 nitrogen and oxygen atoms in total. The van der Waals surface area contributed by atoms with Gasteiger partial charge in [0.1, 0.15) is 0 Å². The number of carbonyl (C=O) groups excluding carboxylic acids is 2. The van der Waals surface area contributed by atoms with Gasteiger partial charge in [0.2, 0.25) is 5.91 Å². The predicted octanol–water partition coefficient (Wildman–Crippen LogP) is 2.80. The number of hydrogen-bond donors (Lipinski definition) is 2. The van der Waals surface area contributed by atoms with Crippen molar-refractivity contribution in [3.8, 4) is 0 Å². The maximum Gasteiger partial charge on any atom is 0.317 e. The molecule has 1 saturated heterocycles. The molecule has 3 amide bonds. The summed E-state index contributed by atoms with van der Waals surface area (Å²) < 4.78 is 0. The van der Waals surface area contributed by atoms with Crippen LogP contribution in [0.2, 0.25) is 0 Å². The third-order valence-electron chi connectivity index (χ3n) is 5.79. The van der Waals surface area contributed by atoms with Crippen LogP contribution in [0.1, 0.15) is 70.6 Å². The van der Waals surface area contributed by atoms with Crippen LogP contribution in [0.15, 0.2) is 0 Å². The van der Waals surface area contributed by atoms with E-state index in [4.69, 9.17) is 0 Å². The maximum atomic E-state index is 12.9. The van der Waals surface area contributed by atoms with Crippen molar-refractivity contribution in [2.45, 2.75) is 82.7 Å². The summed E-state index contributed by atoms with van der Waals surface area (Å²) in [6.07, 6.45) is 12.0. The van der Waals surface area contributed by atoms with E-state index >= 15 is 0 Å². The molecule has 2 saturated carbocycles. The van der Waals surface area contributed by atoms with E-state index in [9.17, 15) is 9.59 Å². The second-order valence-electron chi connectivity index (χ2n) is 7.43. The Bertz CT molecular complexity index is 420. The first-order valence-corrected chi connectivity index (χ1v) is 9.60. The SMILES string of the molecule is O=C1NCCCCCN(C(=O)NC2CCCCC2)[C@H]2CCC[C@@H]12. The molecule has 0 radical (unpaired) electrons. The smallest absolute Gasteiger partial charge is 0.317 e. The molecule has 3 fully saturated rings. The van der Waals surface area contributed by atoms with E-state index < -0.39 is 0 Å². The Kier molecular flexibility index (Phi) is 5.79. The fourth-order valence-electron chi connectivity index (χ4n) is 4.47. The lowest BCUT2D eigenvalue weighted by molar-refractivity contribution is -0.126. The number of carbonyl (C=O) groups is 2. The summed E-state index contributed by atoms with van der Waals surface area (Å²) >= 11 is 0. The zero-order valence-corrected chi connectivity index (χ0v) is 14.2.